The third-order valence-corrected chi connectivity index (χ3v) is 10.4. The Hall–Kier alpha value is -4.53. The van der Waals surface area contributed by atoms with Gasteiger partial charge in [0.05, 0.1) is 19.9 Å². The summed E-state index contributed by atoms with van der Waals surface area (Å²) in [5.41, 5.74) is 10.8. The Bertz CT molecular complexity index is 1920. The van der Waals surface area contributed by atoms with Crippen LogP contribution in [0.4, 0.5) is 0 Å². The van der Waals surface area contributed by atoms with E-state index < -0.39 is 11.9 Å². The summed E-state index contributed by atoms with van der Waals surface area (Å²) in [6.07, 6.45) is 8.35. The number of carbonyl (C=O) groups excluding carboxylic acids is 3. The minimum atomic E-state index is -1.09. The summed E-state index contributed by atoms with van der Waals surface area (Å²) in [4.78, 5) is 50.6. The second-order valence-corrected chi connectivity index (χ2v) is 12.6. The van der Waals surface area contributed by atoms with Crippen molar-refractivity contribution in [1.82, 2.24) is 20.3 Å². The van der Waals surface area contributed by atoms with Gasteiger partial charge in [-0.3, -0.25) is 14.4 Å². The van der Waals surface area contributed by atoms with Gasteiger partial charge in [0.1, 0.15) is 5.92 Å². The molecule has 3 aromatic rings. The highest BCUT2D eigenvalue weighted by atomic mass is 16.5. The summed E-state index contributed by atoms with van der Waals surface area (Å²) in [5.74, 6) is -2.30. The van der Waals surface area contributed by atoms with Crippen molar-refractivity contribution in [3.8, 4) is 0 Å². The summed E-state index contributed by atoms with van der Waals surface area (Å²) in [7, 11) is 2.70. The highest BCUT2D eigenvalue weighted by molar-refractivity contribution is 6.24. The van der Waals surface area contributed by atoms with Crippen molar-refractivity contribution in [2.24, 2.45) is 17.8 Å². The number of esters is 2. The molecule has 0 spiro atoms. The Morgan fingerprint density at radius 2 is 1.73 bits per heavy atom. The molecule has 3 aromatic heterocycles. The van der Waals surface area contributed by atoms with Gasteiger partial charge in [-0.15, -0.1) is 0 Å². The number of aromatic nitrogens is 3. The maximum absolute atomic E-state index is 14.1. The highest BCUT2D eigenvalue weighted by Crippen LogP contribution is 2.47. The lowest BCUT2D eigenvalue weighted by molar-refractivity contribution is -0.142. The molecular weight excluding hydrogens is 568 g/mol. The van der Waals surface area contributed by atoms with Crippen LogP contribution in [0.2, 0.25) is 0 Å². The zero-order valence-electron chi connectivity index (χ0n) is 27.1. The maximum atomic E-state index is 14.1. The highest BCUT2D eigenvalue weighted by Gasteiger charge is 2.49. The van der Waals surface area contributed by atoms with E-state index in [2.05, 4.69) is 66.7 Å². The minimum Gasteiger partial charge on any atom is -0.469 e. The molecule has 1 aliphatic carbocycles. The van der Waals surface area contributed by atoms with Crippen LogP contribution in [0.15, 0.2) is 12.3 Å². The molecule has 3 aliphatic rings. The second kappa shape index (κ2) is 11.4. The average molecular weight is 611 g/mol. The van der Waals surface area contributed by atoms with E-state index in [9.17, 15) is 14.4 Å². The number of aromatic amines is 3. The van der Waals surface area contributed by atoms with Crippen LogP contribution in [0.1, 0.15) is 87.6 Å². The van der Waals surface area contributed by atoms with Crippen molar-refractivity contribution in [3.63, 3.8) is 0 Å². The van der Waals surface area contributed by atoms with Crippen LogP contribution in [-0.2, 0) is 31.9 Å². The summed E-state index contributed by atoms with van der Waals surface area (Å²) in [6.45, 7) is 14.6. The molecule has 0 saturated carbocycles. The Morgan fingerprint density at radius 3 is 2.40 bits per heavy atom. The molecule has 0 aromatic carbocycles. The number of nitrogens with one attached hydrogen (secondary N) is 4. The number of methoxy groups -OCH3 is 2. The molecule has 1 saturated heterocycles. The van der Waals surface area contributed by atoms with Crippen molar-refractivity contribution in [3.05, 3.63) is 79.1 Å². The van der Waals surface area contributed by atoms with Gasteiger partial charge in [-0.2, -0.15) is 0 Å². The van der Waals surface area contributed by atoms with Gasteiger partial charge in [-0.05, 0) is 73.9 Å². The number of Topliss-reactive ketones (excluding diaryl/α,β-unsaturated/α-hetero) is 1. The number of carbonyl (C=O) groups is 3. The first-order valence-electron chi connectivity index (χ1n) is 15.7. The maximum Gasteiger partial charge on any atom is 0.321 e. The molecule has 9 heteroatoms. The third-order valence-electron chi connectivity index (χ3n) is 10.4. The van der Waals surface area contributed by atoms with Crippen LogP contribution in [-0.4, -0.2) is 52.9 Å². The summed E-state index contributed by atoms with van der Waals surface area (Å²) >= 11 is 0. The van der Waals surface area contributed by atoms with E-state index in [4.69, 9.17) is 9.47 Å². The van der Waals surface area contributed by atoms with E-state index in [-0.39, 0.29) is 36.1 Å². The molecule has 236 valence electrons. The number of allylic oxidation sites excluding steroid dienone is 1. The number of rotatable bonds is 6. The van der Waals surface area contributed by atoms with Gasteiger partial charge >= 0.3 is 11.9 Å². The normalized spacial score (nSPS) is 24.8. The molecule has 1 fully saturated rings. The molecule has 2 aliphatic heterocycles. The molecule has 9 nitrogen and oxygen atoms in total. The van der Waals surface area contributed by atoms with E-state index in [1.807, 2.05) is 13.0 Å². The van der Waals surface area contributed by atoms with Crippen LogP contribution in [0, 0.1) is 38.5 Å². The van der Waals surface area contributed by atoms with Crippen molar-refractivity contribution in [2.75, 3.05) is 14.2 Å². The zero-order chi connectivity index (χ0) is 32.3. The van der Waals surface area contributed by atoms with Crippen molar-refractivity contribution in [1.29, 1.82) is 0 Å². The van der Waals surface area contributed by atoms with Crippen LogP contribution in [0.5, 0.6) is 0 Å². The second-order valence-electron chi connectivity index (χ2n) is 12.6. The van der Waals surface area contributed by atoms with Crippen molar-refractivity contribution >= 4 is 41.5 Å². The number of fused-ring (bicyclic) bond motifs is 7. The number of hydrogen-bond acceptors (Lipinski definition) is 6. The first-order valence-corrected chi connectivity index (χ1v) is 15.7. The summed E-state index contributed by atoms with van der Waals surface area (Å²) in [5, 5.41) is 5.74. The van der Waals surface area contributed by atoms with E-state index in [1.165, 1.54) is 25.3 Å². The van der Waals surface area contributed by atoms with Gasteiger partial charge < -0.3 is 29.7 Å². The fourth-order valence-electron chi connectivity index (χ4n) is 7.78. The Balaban J connectivity index is 1.68. The van der Waals surface area contributed by atoms with Gasteiger partial charge in [-0.25, -0.2) is 0 Å². The molecule has 4 N–H and O–H groups in total. The first kappa shape index (κ1) is 30.5. The molecule has 5 heterocycles. The number of ether oxygens (including phenoxy) is 2. The molecule has 4 atom stereocenters. The number of hydrogen-bond donors (Lipinski definition) is 4. The quantitative estimate of drug-likeness (QED) is 0.248. The van der Waals surface area contributed by atoms with Crippen molar-refractivity contribution in [2.45, 2.75) is 66.3 Å². The largest absolute Gasteiger partial charge is 0.469 e. The Morgan fingerprint density at radius 1 is 1.00 bits per heavy atom. The summed E-state index contributed by atoms with van der Waals surface area (Å²) in [6, 6.07) is -0.0315. The Labute approximate surface area is 262 Å². The number of ketones is 1. The smallest absolute Gasteiger partial charge is 0.321 e. The first-order chi connectivity index (χ1) is 21.5. The fourth-order valence-corrected chi connectivity index (χ4v) is 7.78. The molecule has 0 radical (unpaired) electrons. The predicted octanol–water partition coefficient (Wildman–Crippen LogP) is 3.89. The standard InChI is InChI=1S/C36H42N4O5/c1-9-20-16(3)23-13-25-18(5)22(11-12-29(41)44-7)33(39-25)31-32(36(43)45-8)35(42)30-19(6)26(40-34(30)31)15-28-21(10-2)17(4)24(38-28)14-27(20)37-23/h9,14-15,18,22,25,32,37-40H,1,10-13H2,2-8H3/b24-14-,28-15-,33-31-/t18-,22-,25?,32+/m0/s1. The van der Waals surface area contributed by atoms with Gasteiger partial charge in [0, 0.05) is 75.0 Å². The molecule has 6 rings (SSSR count). The van der Waals surface area contributed by atoms with E-state index in [1.54, 1.807) is 0 Å². The van der Waals surface area contributed by atoms with Gasteiger partial charge in [-0.1, -0.05) is 26.5 Å². The average Bonchev–Trinajstić information content (AvgIpc) is 3.76. The fraction of sp³-hybridized carbons (Fsp3) is 0.417. The number of H-pyrrole nitrogens is 3. The van der Waals surface area contributed by atoms with Gasteiger partial charge in [0.25, 0.3) is 0 Å². The lowest BCUT2D eigenvalue weighted by Gasteiger charge is -2.20. The van der Waals surface area contributed by atoms with Crippen LogP contribution >= 0.6 is 0 Å². The Kier molecular flexibility index (Phi) is 7.75. The lowest BCUT2D eigenvalue weighted by Crippen LogP contribution is -2.29. The SMILES string of the molecule is C=Cc1c2[nH]c(c1C)CC1N/C(=C3\c4[nH]c(c(C)c4C(=O)[C@@H]3C(=O)OC)/C=c3\[nH]/c(c(C)c3CC)=C\2)[C@@H](CCC(=O)OC)[C@@H]1C. The van der Waals surface area contributed by atoms with Crippen molar-refractivity contribution < 1.29 is 23.9 Å². The monoisotopic (exact) mass is 610 g/mol. The van der Waals surface area contributed by atoms with Crippen LogP contribution in [0.3, 0.4) is 0 Å². The van der Waals surface area contributed by atoms with Crippen LogP contribution < -0.4 is 16.0 Å². The topological polar surface area (TPSA) is 129 Å². The molecular formula is C36H42N4O5. The van der Waals surface area contributed by atoms with Gasteiger partial charge in [0.15, 0.2) is 5.78 Å². The van der Waals surface area contributed by atoms with Crippen LogP contribution in [0.25, 0.3) is 23.8 Å². The third kappa shape index (κ3) is 4.71. The minimum absolute atomic E-state index is 0.0315. The predicted molar refractivity (Wildman–Crippen MR) is 174 cm³/mol. The van der Waals surface area contributed by atoms with E-state index in [0.717, 1.165) is 56.6 Å². The van der Waals surface area contributed by atoms with Gasteiger partial charge in [0.2, 0.25) is 0 Å². The lowest BCUT2D eigenvalue weighted by atomic mass is 9.83. The molecule has 0 amide bonds. The van der Waals surface area contributed by atoms with E-state index in [0.29, 0.717) is 29.7 Å². The van der Waals surface area contributed by atoms with E-state index >= 15 is 0 Å². The molecule has 8 bridgehead atoms. The molecule has 1 unspecified atom stereocenters. The summed E-state index contributed by atoms with van der Waals surface area (Å²) < 4.78 is 10.2. The molecule has 45 heavy (non-hydrogen) atoms. The zero-order valence-corrected chi connectivity index (χ0v) is 27.1.